The fourth-order valence-electron chi connectivity index (χ4n) is 1.90. The van der Waals surface area contributed by atoms with Crippen molar-refractivity contribution < 1.29 is 15.0 Å². The number of hydrogen-bond donors (Lipinski definition) is 1. The topological polar surface area (TPSA) is 60.4 Å². The summed E-state index contributed by atoms with van der Waals surface area (Å²) in [5, 5.41) is 19.3. The zero-order chi connectivity index (χ0) is 15.8. The van der Waals surface area contributed by atoms with E-state index in [0.29, 0.717) is 6.42 Å². The lowest BCUT2D eigenvalue weighted by molar-refractivity contribution is -0.315. The van der Waals surface area contributed by atoms with Gasteiger partial charge in [-0.2, -0.15) is 0 Å². The van der Waals surface area contributed by atoms with E-state index in [1.165, 1.54) is 0 Å². The van der Waals surface area contributed by atoms with Gasteiger partial charge in [-0.25, -0.2) is 0 Å². The van der Waals surface area contributed by atoms with Gasteiger partial charge in [0, 0.05) is 0 Å². The van der Waals surface area contributed by atoms with Gasteiger partial charge in [0.2, 0.25) is 0 Å². The zero-order valence-electron chi connectivity index (χ0n) is 13.2. The largest absolute Gasteiger partial charge is 0.547 e. The van der Waals surface area contributed by atoms with Gasteiger partial charge >= 0.3 is 0 Å². The highest BCUT2D eigenvalue weighted by atomic mass is 16.4. The third-order valence-corrected chi connectivity index (χ3v) is 3.15. The Balaban J connectivity index is 3.33. The number of rotatable bonds is 13. The van der Waals surface area contributed by atoms with E-state index in [1.807, 2.05) is 0 Å². The van der Waals surface area contributed by atoms with Crippen LogP contribution in [0, 0.1) is 0 Å². The van der Waals surface area contributed by atoms with Crippen molar-refractivity contribution >= 4 is 5.97 Å². The second kappa shape index (κ2) is 15.0. The van der Waals surface area contributed by atoms with E-state index < -0.39 is 12.1 Å². The lowest BCUT2D eigenvalue weighted by atomic mass is 10.1. The van der Waals surface area contributed by atoms with Gasteiger partial charge < -0.3 is 15.0 Å². The lowest BCUT2D eigenvalue weighted by Gasteiger charge is -2.10. The molecule has 0 saturated carbocycles. The van der Waals surface area contributed by atoms with Crippen LogP contribution in [0.5, 0.6) is 0 Å². The maximum Gasteiger partial charge on any atom is 0.0933 e. The number of carbonyl (C=O) groups is 1. The summed E-state index contributed by atoms with van der Waals surface area (Å²) in [5.41, 5.74) is 0. The molecular formula is C18H29O3-. The third kappa shape index (κ3) is 14.9. The van der Waals surface area contributed by atoms with E-state index in [0.717, 1.165) is 51.4 Å². The van der Waals surface area contributed by atoms with Gasteiger partial charge in [-0.15, -0.1) is 0 Å². The molecule has 0 spiro atoms. The number of aliphatic hydroxyl groups excluding tert-OH is 1. The quantitative estimate of drug-likeness (QED) is 0.419. The predicted molar refractivity (Wildman–Crippen MR) is 85.7 cm³/mol. The van der Waals surface area contributed by atoms with E-state index in [1.54, 1.807) is 0 Å². The normalized spacial score (nSPS) is 13.6. The molecule has 0 aromatic heterocycles. The smallest absolute Gasteiger partial charge is 0.0933 e. The van der Waals surface area contributed by atoms with Gasteiger partial charge in [0.1, 0.15) is 0 Å². The standard InChI is InChI=1S/C18H30O3/c1-2-3-4-5-6-7-8-9-10-11-12-13-14-15-16-17(19)18(20)21/h3-4,6-7,9-10,17,19H,2,5,8,11-16H2,1H3,(H,20,21)/p-1/b4-3-,7-6-,10-9-/t17-/m1/s1. The molecule has 0 aromatic carbocycles. The number of aliphatic carboxylic acids is 1. The van der Waals surface area contributed by atoms with Crippen molar-refractivity contribution in [2.75, 3.05) is 0 Å². The number of hydrogen-bond acceptors (Lipinski definition) is 3. The molecule has 0 unspecified atom stereocenters. The molecule has 0 aromatic rings. The Morgan fingerprint density at radius 1 is 0.952 bits per heavy atom. The summed E-state index contributed by atoms with van der Waals surface area (Å²) in [6, 6.07) is 0. The molecule has 0 bridgehead atoms. The Labute approximate surface area is 129 Å². The van der Waals surface area contributed by atoms with Crippen LogP contribution in [-0.2, 0) is 4.79 Å². The Hall–Kier alpha value is -1.35. The van der Waals surface area contributed by atoms with Crippen LogP contribution in [0.4, 0.5) is 0 Å². The van der Waals surface area contributed by atoms with Crippen molar-refractivity contribution in [1.82, 2.24) is 0 Å². The Morgan fingerprint density at radius 2 is 1.52 bits per heavy atom. The Kier molecular flexibility index (Phi) is 14.1. The average molecular weight is 293 g/mol. The molecular weight excluding hydrogens is 264 g/mol. The van der Waals surface area contributed by atoms with E-state index >= 15 is 0 Å². The summed E-state index contributed by atoms with van der Waals surface area (Å²) in [6.45, 7) is 2.13. The maximum atomic E-state index is 10.3. The molecule has 0 radical (unpaired) electrons. The summed E-state index contributed by atoms with van der Waals surface area (Å²) in [4.78, 5) is 10.3. The van der Waals surface area contributed by atoms with Crippen molar-refractivity contribution in [2.45, 2.75) is 70.8 Å². The maximum absolute atomic E-state index is 10.3. The van der Waals surface area contributed by atoms with Crippen LogP contribution in [0.15, 0.2) is 36.5 Å². The van der Waals surface area contributed by atoms with Crippen molar-refractivity contribution in [1.29, 1.82) is 0 Å². The minimum atomic E-state index is -1.36. The van der Waals surface area contributed by atoms with Gasteiger partial charge in [0.15, 0.2) is 0 Å². The number of carbonyl (C=O) groups excluding carboxylic acids is 1. The predicted octanol–water partition coefficient (Wildman–Crippen LogP) is 3.30. The molecule has 0 aliphatic rings. The molecule has 0 heterocycles. The summed E-state index contributed by atoms with van der Waals surface area (Å²) < 4.78 is 0. The molecule has 3 nitrogen and oxygen atoms in total. The van der Waals surface area contributed by atoms with E-state index in [4.69, 9.17) is 5.11 Å². The highest BCUT2D eigenvalue weighted by Crippen LogP contribution is 2.08. The second-order valence-corrected chi connectivity index (χ2v) is 5.12. The van der Waals surface area contributed by atoms with Gasteiger partial charge in [0.05, 0.1) is 12.1 Å². The molecule has 0 saturated heterocycles. The number of carboxylic acid groups (broad SMARTS) is 1. The number of unbranched alkanes of at least 4 members (excludes halogenated alkanes) is 4. The Bertz CT molecular complexity index is 329. The first-order valence-electron chi connectivity index (χ1n) is 8.02. The molecule has 1 N–H and O–H groups in total. The third-order valence-electron chi connectivity index (χ3n) is 3.15. The van der Waals surface area contributed by atoms with Crippen LogP contribution in [0.1, 0.15) is 64.7 Å². The second-order valence-electron chi connectivity index (χ2n) is 5.12. The van der Waals surface area contributed by atoms with Crippen LogP contribution in [-0.4, -0.2) is 17.2 Å². The van der Waals surface area contributed by atoms with E-state index in [9.17, 15) is 9.90 Å². The number of allylic oxidation sites excluding steroid dienone is 6. The highest BCUT2D eigenvalue weighted by Gasteiger charge is 2.03. The summed E-state index contributed by atoms with van der Waals surface area (Å²) >= 11 is 0. The summed E-state index contributed by atoms with van der Waals surface area (Å²) in [5.74, 6) is -1.36. The summed E-state index contributed by atoms with van der Waals surface area (Å²) in [7, 11) is 0. The first-order chi connectivity index (χ1) is 10.2. The molecule has 3 heteroatoms. The van der Waals surface area contributed by atoms with Crippen molar-refractivity contribution in [3.05, 3.63) is 36.5 Å². The van der Waals surface area contributed by atoms with Crippen LogP contribution in [0.2, 0.25) is 0 Å². The fourth-order valence-corrected chi connectivity index (χ4v) is 1.90. The molecule has 21 heavy (non-hydrogen) atoms. The minimum Gasteiger partial charge on any atom is -0.547 e. The minimum absolute atomic E-state index is 0.301. The van der Waals surface area contributed by atoms with Crippen LogP contribution in [0.25, 0.3) is 0 Å². The highest BCUT2D eigenvalue weighted by molar-refractivity contribution is 5.69. The molecule has 120 valence electrons. The zero-order valence-corrected chi connectivity index (χ0v) is 13.2. The number of aliphatic hydroxyl groups is 1. The van der Waals surface area contributed by atoms with E-state index in [-0.39, 0.29) is 0 Å². The van der Waals surface area contributed by atoms with Gasteiger partial charge in [-0.1, -0.05) is 62.6 Å². The van der Waals surface area contributed by atoms with E-state index in [2.05, 4.69) is 43.4 Å². The molecule has 0 aliphatic carbocycles. The van der Waals surface area contributed by atoms with Gasteiger partial charge in [0.25, 0.3) is 0 Å². The van der Waals surface area contributed by atoms with Gasteiger partial charge in [-0.05, 0) is 38.5 Å². The molecule has 0 rings (SSSR count). The monoisotopic (exact) mass is 293 g/mol. The first-order valence-corrected chi connectivity index (χ1v) is 8.02. The molecule has 0 aliphatic heterocycles. The van der Waals surface area contributed by atoms with Crippen LogP contribution >= 0.6 is 0 Å². The van der Waals surface area contributed by atoms with Gasteiger partial charge in [-0.3, -0.25) is 0 Å². The van der Waals surface area contributed by atoms with Crippen LogP contribution < -0.4 is 5.11 Å². The SMILES string of the molecule is CC/C=C\C/C=C\C/C=C\CCCCCC[C@@H](O)C(=O)[O-]. The number of carboxylic acids is 1. The lowest BCUT2D eigenvalue weighted by Crippen LogP contribution is -2.35. The first kappa shape index (κ1) is 19.7. The average Bonchev–Trinajstić information content (AvgIpc) is 2.47. The Morgan fingerprint density at radius 3 is 2.14 bits per heavy atom. The molecule has 0 fully saturated rings. The van der Waals surface area contributed by atoms with Crippen molar-refractivity contribution in [3.8, 4) is 0 Å². The summed E-state index contributed by atoms with van der Waals surface area (Å²) in [6.07, 6.45) is 20.1. The van der Waals surface area contributed by atoms with Crippen molar-refractivity contribution in [3.63, 3.8) is 0 Å². The molecule has 0 amide bonds. The van der Waals surface area contributed by atoms with Crippen LogP contribution in [0.3, 0.4) is 0 Å². The molecule has 1 atom stereocenters. The fraction of sp³-hybridized carbons (Fsp3) is 0.611. The van der Waals surface area contributed by atoms with Crippen molar-refractivity contribution in [2.24, 2.45) is 0 Å².